The largest absolute Gasteiger partial charge is 0.309 e. The van der Waals surface area contributed by atoms with E-state index in [4.69, 9.17) is 15.0 Å². The zero-order valence-corrected chi connectivity index (χ0v) is 30.8. The fourth-order valence-electron chi connectivity index (χ4n) is 7.66. The van der Waals surface area contributed by atoms with Crippen molar-refractivity contribution >= 4 is 21.8 Å². The molecular weight excluding hydrogens is 695 g/mol. The molecule has 10 rings (SSSR count). The Labute approximate surface area is 330 Å². The summed E-state index contributed by atoms with van der Waals surface area (Å²) in [6.07, 6.45) is 0. The van der Waals surface area contributed by atoms with Crippen LogP contribution in [0.15, 0.2) is 200 Å². The number of rotatable bonds is 7. The second-order valence-corrected chi connectivity index (χ2v) is 14.0. The molecule has 0 N–H and O–H groups in total. The fraction of sp³-hybridized carbons (Fsp3) is 0. The van der Waals surface area contributed by atoms with Crippen LogP contribution in [-0.2, 0) is 0 Å². The van der Waals surface area contributed by atoms with E-state index in [9.17, 15) is 5.26 Å². The average molecular weight is 728 g/mol. The Morgan fingerprint density at radius 1 is 0.333 bits per heavy atom. The second kappa shape index (κ2) is 14.4. The first-order valence-electron chi connectivity index (χ1n) is 18.9. The van der Waals surface area contributed by atoms with E-state index in [0.29, 0.717) is 23.0 Å². The SMILES string of the molecule is N#Cc1cccc(-c2cc(-c3nc(-c4ccccc4)nc(-c4ccccc4)n3)cc(-n3c4ccccc4c4ccc(-c5ccc(-c6ccccc6)cc5)cc43)c2)c1. The molecule has 0 unspecified atom stereocenters. The van der Waals surface area contributed by atoms with Crippen molar-refractivity contribution in [1.29, 1.82) is 5.26 Å². The molecule has 0 aliphatic carbocycles. The number of fused-ring (bicyclic) bond motifs is 3. The number of aromatic nitrogens is 4. The predicted octanol–water partition coefficient (Wildman–Crippen LogP) is 12.8. The van der Waals surface area contributed by atoms with E-state index in [1.807, 2.05) is 91.0 Å². The number of benzene rings is 8. The summed E-state index contributed by atoms with van der Waals surface area (Å²) in [5, 5.41) is 12.2. The van der Waals surface area contributed by atoms with Crippen LogP contribution in [0.2, 0.25) is 0 Å². The van der Waals surface area contributed by atoms with Gasteiger partial charge >= 0.3 is 0 Å². The van der Waals surface area contributed by atoms with Gasteiger partial charge in [0.15, 0.2) is 17.5 Å². The van der Waals surface area contributed by atoms with E-state index in [1.165, 1.54) is 11.1 Å². The highest BCUT2D eigenvalue weighted by Crippen LogP contribution is 2.38. The van der Waals surface area contributed by atoms with Gasteiger partial charge in [-0.1, -0.05) is 158 Å². The molecule has 0 amide bonds. The highest BCUT2D eigenvalue weighted by molar-refractivity contribution is 6.10. The van der Waals surface area contributed by atoms with Crippen molar-refractivity contribution in [1.82, 2.24) is 19.5 Å². The van der Waals surface area contributed by atoms with Crippen LogP contribution < -0.4 is 0 Å². The van der Waals surface area contributed by atoms with Crippen LogP contribution in [0.25, 0.3) is 95.0 Å². The van der Waals surface area contributed by atoms with Gasteiger partial charge in [-0.05, 0) is 75.8 Å². The first-order valence-corrected chi connectivity index (χ1v) is 18.9. The maximum atomic E-state index is 9.87. The van der Waals surface area contributed by atoms with Crippen LogP contribution in [-0.4, -0.2) is 19.5 Å². The lowest BCUT2D eigenvalue weighted by molar-refractivity contribution is 1.07. The van der Waals surface area contributed by atoms with Gasteiger partial charge in [-0.25, -0.2) is 15.0 Å². The molecule has 0 aliphatic rings. The van der Waals surface area contributed by atoms with Gasteiger partial charge in [-0.2, -0.15) is 5.26 Å². The lowest BCUT2D eigenvalue weighted by Gasteiger charge is -2.15. The quantitative estimate of drug-likeness (QED) is 0.164. The number of nitriles is 1. The minimum Gasteiger partial charge on any atom is -0.309 e. The summed E-state index contributed by atoms with van der Waals surface area (Å²) in [5.41, 5.74) is 12.9. The average Bonchev–Trinajstić information content (AvgIpc) is 3.63. The molecule has 0 saturated carbocycles. The van der Waals surface area contributed by atoms with Crippen LogP contribution in [0, 0.1) is 11.3 Å². The normalized spacial score (nSPS) is 11.1. The van der Waals surface area contributed by atoms with Gasteiger partial charge in [0, 0.05) is 33.2 Å². The van der Waals surface area contributed by atoms with Gasteiger partial charge in [0.05, 0.1) is 22.7 Å². The summed E-state index contributed by atoms with van der Waals surface area (Å²) in [7, 11) is 0. The van der Waals surface area contributed by atoms with Crippen LogP contribution in [0.4, 0.5) is 0 Å². The van der Waals surface area contributed by atoms with Crippen LogP contribution >= 0.6 is 0 Å². The fourth-order valence-corrected chi connectivity index (χ4v) is 7.66. The van der Waals surface area contributed by atoms with Crippen LogP contribution in [0.3, 0.4) is 0 Å². The maximum Gasteiger partial charge on any atom is 0.164 e. The van der Waals surface area contributed by atoms with E-state index in [-0.39, 0.29) is 0 Å². The lowest BCUT2D eigenvalue weighted by atomic mass is 9.99. The van der Waals surface area contributed by atoms with E-state index < -0.39 is 0 Å². The molecule has 0 aliphatic heterocycles. The number of hydrogen-bond acceptors (Lipinski definition) is 4. The standard InChI is InChI=1S/C52H33N5/c53-34-35-13-12-20-41(29-35)43-30-44(52-55-50(39-16-6-2-7-17-39)54-51(56-52)40-18-8-3-9-19-40)32-45(31-43)57-48-22-11-10-21-46(48)47-28-27-42(33-49(47)57)38-25-23-37(24-26-38)36-14-4-1-5-15-36/h1-33H. The van der Waals surface area contributed by atoms with Crippen molar-refractivity contribution in [2.24, 2.45) is 0 Å². The summed E-state index contributed by atoms with van der Waals surface area (Å²) < 4.78 is 2.34. The van der Waals surface area contributed by atoms with Crippen molar-refractivity contribution in [3.05, 3.63) is 206 Å². The summed E-state index contributed by atoms with van der Waals surface area (Å²) in [6, 6.07) is 71.2. The Morgan fingerprint density at radius 3 is 1.46 bits per heavy atom. The molecule has 266 valence electrons. The van der Waals surface area contributed by atoms with E-state index in [0.717, 1.165) is 66.4 Å². The Hall–Kier alpha value is -7.94. The summed E-state index contributed by atoms with van der Waals surface area (Å²) in [4.78, 5) is 15.2. The molecule has 0 bridgehead atoms. The Morgan fingerprint density at radius 2 is 0.807 bits per heavy atom. The molecule has 0 spiro atoms. The lowest BCUT2D eigenvalue weighted by Crippen LogP contribution is -2.02. The Balaban J connectivity index is 1.20. The van der Waals surface area contributed by atoms with E-state index in [1.54, 1.807) is 0 Å². The van der Waals surface area contributed by atoms with Gasteiger partial charge in [-0.3, -0.25) is 0 Å². The molecule has 0 saturated heterocycles. The molecule has 10 aromatic rings. The molecule has 2 aromatic heterocycles. The zero-order chi connectivity index (χ0) is 38.1. The van der Waals surface area contributed by atoms with E-state index in [2.05, 4.69) is 120 Å². The molecule has 0 radical (unpaired) electrons. The van der Waals surface area contributed by atoms with Gasteiger partial charge < -0.3 is 4.57 Å². The van der Waals surface area contributed by atoms with Crippen molar-refractivity contribution in [2.75, 3.05) is 0 Å². The number of para-hydroxylation sites is 1. The Kier molecular flexibility index (Phi) is 8.48. The van der Waals surface area contributed by atoms with Gasteiger partial charge in [0.2, 0.25) is 0 Å². The summed E-state index contributed by atoms with van der Waals surface area (Å²) in [6.45, 7) is 0. The molecule has 5 heteroatoms. The third-order valence-electron chi connectivity index (χ3n) is 10.5. The second-order valence-electron chi connectivity index (χ2n) is 14.0. The first kappa shape index (κ1) is 33.6. The topological polar surface area (TPSA) is 67.4 Å². The summed E-state index contributed by atoms with van der Waals surface area (Å²) in [5.74, 6) is 1.75. The minimum atomic E-state index is 0.558. The number of hydrogen-bond donors (Lipinski definition) is 0. The maximum absolute atomic E-state index is 9.87. The highest BCUT2D eigenvalue weighted by Gasteiger charge is 2.18. The minimum absolute atomic E-state index is 0.558. The molecular formula is C52H33N5. The van der Waals surface area contributed by atoms with Crippen LogP contribution in [0.1, 0.15) is 5.56 Å². The third-order valence-corrected chi connectivity index (χ3v) is 10.5. The van der Waals surface area contributed by atoms with Gasteiger partial charge in [0.1, 0.15) is 0 Å². The Bertz CT molecular complexity index is 3050. The number of nitrogens with zero attached hydrogens (tertiary/aromatic N) is 5. The third kappa shape index (κ3) is 6.42. The van der Waals surface area contributed by atoms with Crippen molar-refractivity contribution in [3.8, 4) is 79.3 Å². The summed E-state index contributed by atoms with van der Waals surface area (Å²) >= 11 is 0. The highest BCUT2D eigenvalue weighted by atomic mass is 15.0. The smallest absolute Gasteiger partial charge is 0.164 e. The molecule has 0 atom stereocenters. The molecule has 5 nitrogen and oxygen atoms in total. The first-order chi connectivity index (χ1) is 28.2. The predicted molar refractivity (Wildman–Crippen MR) is 231 cm³/mol. The van der Waals surface area contributed by atoms with E-state index >= 15 is 0 Å². The van der Waals surface area contributed by atoms with Crippen molar-refractivity contribution in [2.45, 2.75) is 0 Å². The van der Waals surface area contributed by atoms with Gasteiger partial charge in [-0.15, -0.1) is 0 Å². The van der Waals surface area contributed by atoms with Crippen LogP contribution in [0.5, 0.6) is 0 Å². The zero-order valence-electron chi connectivity index (χ0n) is 30.8. The molecule has 0 fully saturated rings. The molecule has 57 heavy (non-hydrogen) atoms. The van der Waals surface area contributed by atoms with Crippen molar-refractivity contribution in [3.63, 3.8) is 0 Å². The van der Waals surface area contributed by atoms with Crippen molar-refractivity contribution < 1.29 is 0 Å². The van der Waals surface area contributed by atoms with Gasteiger partial charge in [0.25, 0.3) is 0 Å². The monoisotopic (exact) mass is 727 g/mol. The molecule has 2 heterocycles. The molecule has 8 aromatic carbocycles.